The van der Waals surface area contributed by atoms with Crippen LogP contribution >= 0.6 is 23.6 Å². The maximum Gasteiger partial charge on any atom is 0.350 e. The summed E-state index contributed by atoms with van der Waals surface area (Å²) in [6.45, 7) is 0.683. The molecular formula is C18H22N2O4S2. The Labute approximate surface area is 161 Å². The third-order valence-corrected chi connectivity index (χ3v) is 5.17. The van der Waals surface area contributed by atoms with Crippen LogP contribution in [0.4, 0.5) is 5.69 Å². The molecule has 6 nitrogen and oxygen atoms in total. The number of carbonyl (C=O) groups excluding carboxylic acids is 2. The summed E-state index contributed by atoms with van der Waals surface area (Å²) >= 11 is 6.71. The van der Waals surface area contributed by atoms with E-state index < -0.39 is 0 Å². The Balaban J connectivity index is 1.90. The van der Waals surface area contributed by atoms with Gasteiger partial charge in [0.2, 0.25) is 0 Å². The lowest BCUT2D eigenvalue weighted by atomic mass is 10.2. The van der Waals surface area contributed by atoms with E-state index in [0.29, 0.717) is 28.6 Å². The first-order valence-corrected chi connectivity index (χ1v) is 9.50. The van der Waals surface area contributed by atoms with Crippen LogP contribution in [-0.2, 0) is 14.3 Å². The molecule has 0 amide bonds. The van der Waals surface area contributed by atoms with E-state index in [1.54, 1.807) is 0 Å². The zero-order valence-electron chi connectivity index (χ0n) is 14.8. The molecular weight excluding hydrogens is 372 g/mol. The van der Waals surface area contributed by atoms with Crippen LogP contribution in [0.3, 0.4) is 0 Å². The number of ether oxygens (including phenoxy) is 2. The Bertz CT molecular complexity index is 789. The molecule has 0 aliphatic carbocycles. The van der Waals surface area contributed by atoms with Gasteiger partial charge in [-0.05, 0) is 31.1 Å². The fraction of sp³-hybridized carbons (Fsp3) is 0.389. The van der Waals surface area contributed by atoms with Gasteiger partial charge in [0.25, 0.3) is 0 Å². The third kappa shape index (κ3) is 5.40. The number of fused-ring (bicyclic) bond motifs is 1. The van der Waals surface area contributed by atoms with Crippen LogP contribution in [0.5, 0.6) is 0 Å². The van der Waals surface area contributed by atoms with Gasteiger partial charge in [0.15, 0.2) is 5.11 Å². The number of rotatable bonds is 8. The summed E-state index contributed by atoms with van der Waals surface area (Å²) in [5, 5.41) is 7.63. The fourth-order valence-corrected chi connectivity index (χ4v) is 3.72. The molecule has 0 radical (unpaired) electrons. The zero-order valence-corrected chi connectivity index (χ0v) is 16.4. The average molecular weight is 395 g/mol. The molecule has 0 aliphatic heterocycles. The summed E-state index contributed by atoms with van der Waals surface area (Å²) in [5.74, 6) is -0.575. The maximum atomic E-state index is 12.0. The van der Waals surface area contributed by atoms with Gasteiger partial charge in [-0.15, -0.1) is 11.3 Å². The van der Waals surface area contributed by atoms with Gasteiger partial charge < -0.3 is 20.1 Å². The molecule has 0 spiro atoms. The van der Waals surface area contributed by atoms with Crippen molar-refractivity contribution in [3.63, 3.8) is 0 Å². The van der Waals surface area contributed by atoms with Crippen molar-refractivity contribution in [2.24, 2.45) is 0 Å². The minimum absolute atomic E-state index is 0.185. The van der Waals surface area contributed by atoms with E-state index in [4.69, 9.17) is 17.0 Å². The molecule has 2 rings (SSSR count). The fourth-order valence-electron chi connectivity index (χ4n) is 2.44. The second-order valence-corrected chi connectivity index (χ2v) is 7.02. The SMILES string of the molecule is COC(=O)CCCCCNC(=S)Nc1c(C(=O)OC)sc2ccccc12. The Morgan fingerprint density at radius 2 is 1.88 bits per heavy atom. The van der Waals surface area contributed by atoms with E-state index in [2.05, 4.69) is 15.4 Å². The number of thiocarbonyl (C=S) groups is 1. The standard InChI is InChI=1S/C18H22N2O4S2/c1-23-14(21)10-4-3-7-11-19-18(25)20-15-12-8-5-6-9-13(12)26-16(15)17(22)24-2/h5-6,8-9H,3-4,7,10-11H2,1-2H3,(H2,19,20,25). The van der Waals surface area contributed by atoms with Crippen LogP contribution in [0, 0.1) is 0 Å². The number of methoxy groups -OCH3 is 2. The molecule has 0 saturated heterocycles. The van der Waals surface area contributed by atoms with Gasteiger partial charge in [0.05, 0.1) is 19.9 Å². The maximum absolute atomic E-state index is 12.0. The number of nitrogens with one attached hydrogen (secondary N) is 2. The molecule has 2 N–H and O–H groups in total. The Kier molecular flexibility index (Phi) is 7.80. The Morgan fingerprint density at radius 3 is 2.62 bits per heavy atom. The minimum Gasteiger partial charge on any atom is -0.469 e. The molecule has 0 saturated carbocycles. The molecule has 0 fully saturated rings. The highest BCUT2D eigenvalue weighted by atomic mass is 32.1. The van der Waals surface area contributed by atoms with Crippen LogP contribution in [0.25, 0.3) is 10.1 Å². The highest BCUT2D eigenvalue weighted by Gasteiger charge is 2.19. The van der Waals surface area contributed by atoms with Crippen LogP contribution in [0.15, 0.2) is 24.3 Å². The first kappa shape index (κ1) is 20.1. The number of carbonyl (C=O) groups is 2. The summed E-state index contributed by atoms with van der Waals surface area (Å²) in [7, 11) is 2.76. The van der Waals surface area contributed by atoms with E-state index >= 15 is 0 Å². The van der Waals surface area contributed by atoms with Crippen molar-refractivity contribution in [3.05, 3.63) is 29.1 Å². The van der Waals surface area contributed by atoms with Gasteiger partial charge in [-0.1, -0.05) is 24.6 Å². The summed E-state index contributed by atoms with van der Waals surface area (Å²) < 4.78 is 10.5. The monoisotopic (exact) mass is 394 g/mol. The van der Waals surface area contributed by atoms with Crippen molar-refractivity contribution in [1.29, 1.82) is 0 Å². The molecule has 2 aromatic rings. The molecule has 1 heterocycles. The molecule has 0 bridgehead atoms. The lowest BCUT2D eigenvalue weighted by Gasteiger charge is -2.11. The number of esters is 2. The molecule has 140 valence electrons. The van der Waals surface area contributed by atoms with Crippen LogP contribution in [-0.4, -0.2) is 37.8 Å². The lowest BCUT2D eigenvalue weighted by molar-refractivity contribution is -0.140. The summed E-state index contributed by atoms with van der Waals surface area (Å²) in [4.78, 5) is 23.6. The molecule has 1 aromatic carbocycles. The predicted octanol–water partition coefficient (Wildman–Crippen LogP) is 3.71. The Hall–Kier alpha value is -2.19. The second kappa shape index (κ2) is 10.1. The van der Waals surface area contributed by atoms with Gasteiger partial charge in [0, 0.05) is 23.1 Å². The van der Waals surface area contributed by atoms with Crippen molar-refractivity contribution in [2.45, 2.75) is 25.7 Å². The van der Waals surface area contributed by atoms with Crippen molar-refractivity contribution < 1.29 is 19.1 Å². The molecule has 0 atom stereocenters. The van der Waals surface area contributed by atoms with Gasteiger partial charge >= 0.3 is 11.9 Å². The van der Waals surface area contributed by atoms with E-state index in [-0.39, 0.29) is 11.9 Å². The minimum atomic E-state index is -0.390. The van der Waals surface area contributed by atoms with Gasteiger partial charge in [-0.25, -0.2) is 4.79 Å². The normalized spacial score (nSPS) is 10.4. The number of hydrogen-bond acceptors (Lipinski definition) is 6. The van der Waals surface area contributed by atoms with Gasteiger partial charge in [-0.3, -0.25) is 4.79 Å². The van der Waals surface area contributed by atoms with E-state index in [1.165, 1.54) is 25.6 Å². The van der Waals surface area contributed by atoms with Gasteiger partial charge in [-0.2, -0.15) is 0 Å². The first-order chi connectivity index (χ1) is 12.6. The van der Waals surface area contributed by atoms with Crippen LogP contribution in [0.1, 0.15) is 35.4 Å². The predicted molar refractivity (Wildman–Crippen MR) is 108 cm³/mol. The van der Waals surface area contributed by atoms with Crippen molar-refractivity contribution in [2.75, 3.05) is 26.1 Å². The molecule has 26 heavy (non-hydrogen) atoms. The molecule has 8 heteroatoms. The Morgan fingerprint density at radius 1 is 1.12 bits per heavy atom. The first-order valence-electron chi connectivity index (χ1n) is 8.28. The lowest BCUT2D eigenvalue weighted by Crippen LogP contribution is -2.29. The molecule has 1 aromatic heterocycles. The number of unbranched alkanes of at least 4 members (excludes halogenated alkanes) is 2. The zero-order chi connectivity index (χ0) is 18.9. The van der Waals surface area contributed by atoms with Gasteiger partial charge in [0.1, 0.15) is 4.88 Å². The summed E-state index contributed by atoms with van der Waals surface area (Å²) in [5.41, 5.74) is 0.667. The van der Waals surface area contributed by atoms with E-state index in [1.807, 2.05) is 24.3 Å². The van der Waals surface area contributed by atoms with Crippen molar-refractivity contribution >= 4 is 56.4 Å². The number of anilines is 1. The number of thiophene rings is 1. The van der Waals surface area contributed by atoms with Crippen molar-refractivity contribution in [1.82, 2.24) is 5.32 Å². The smallest absolute Gasteiger partial charge is 0.350 e. The second-order valence-electron chi connectivity index (χ2n) is 5.56. The van der Waals surface area contributed by atoms with E-state index in [9.17, 15) is 9.59 Å². The van der Waals surface area contributed by atoms with E-state index in [0.717, 1.165) is 29.3 Å². The number of hydrogen-bond donors (Lipinski definition) is 2. The highest BCUT2D eigenvalue weighted by Crippen LogP contribution is 2.36. The third-order valence-electron chi connectivity index (χ3n) is 3.78. The topological polar surface area (TPSA) is 76.7 Å². The molecule has 0 unspecified atom stereocenters. The van der Waals surface area contributed by atoms with Crippen molar-refractivity contribution in [3.8, 4) is 0 Å². The summed E-state index contributed by atoms with van der Waals surface area (Å²) in [6, 6.07) is 7.74. The highest BCUT2D eigenvalue weighted by molar-refractivity contribution is 7.80. The summed E-state index contributed by atoms with van der Waals surface area (Å²) in [6.07, 6.45) is 3.01. The number of benzene rings is 1. The quantitative estimate of drug-likeness (QED) is 0.401. The van der Waals surface area contributed by atoms with Crippen LogP contribution < -0.4 is 10.6 Å². The largest absolute Gasteiger partial charge is 0.469 e. The average Bonchev–Trinajstić information content (AvgIpc) is 3.02. The molecule has 0 aliphatic rings. The van der Waals surface area contributed by atoms with Crippen LogP contribution in [0.2, 0.25) is 0 Å².